The van der Waals surface area contributed by atoms with Gasteiger partial charge in [-0.2, -0.15) is 8.78 Å². The normalized spacial score (nSPS) is 11.0. The molecule has 1 aromatic heterocycles. The lowest BCUT2D eigenvalue weighted by Crippen LogP contribution is -2.12. The molecule has 3 rings (SSSR count). The van der Waals surface area contributed by atoms with E-state index in [0.717, 1.165) is 10.9 Å². The van der Waals surface area contributed by atoms with Crippen LogP contribution in [0, 0.1) is 0 Å². The summed E-state index contributed by atoms with van der Waals surface area (Å²) in [6.07, 6.45) is 0. The number of amides is 1. The van der Waals surface area contributed by atoms with Gasteiger partial charge in [0.25, 0.3) is 5.91 Å². The Labute approximate surface area is 135 Å². The zero-order valence-electron chi connectivity index (χ0n) is 11.6. The average Bonchev–Trinajstić information content (AvgIpc) is 2.92. The number of aromatic amines is 1. The molecule has 2 N–H and O–H groups in total. The van der Waals surface area contributed by atoms with Crippen LogP contribution in [0.15, 0.2) is 48.5 Å². The van der Waals surface area contributed by atoms with Gasteiger partial charge in [-0.3, -0.25) is 4.79 Å². The zero-order valence-corrected chi connectivity index (χ0v) is 12.4. The van der Waals surface area contributed by atoms with Crippen molar-refractivity contribution in [3.05, 3.63) is 59.2 Å². The molecule has 0 fully saturated rings. The molecule has 3 aromatic rings. The molecule has 4 nitrogen and oxygen atoms in total. The number of H-pyrrole nitrogens is 1. The SMILES string of the molecule is O=C(Nc1ccc(OC(F)F)cc1)c1cc2cc(Cl)ccc2[nH]1. The minimum Gasteiger partial charge on any atom is -0.435 e. The number of rotatable bonds is 4. The van der Waals surface area contributed by atoms with Crippen molar-refractivity contribution < 1.29 is 18.3 Å². The molecule has 0 unspecified atom stereocenters. The predicted molar refractivity (Wildman–Crippen MR) is 84.3 cm³/mol. The van der Waals surface area contributed by atoms with Crippen molar-refractivity contribution in [1.82, 2.24) is 4.98 Å². The van der Waals surface area contributed by atoms with Crippen LogP contribution < -0.4 is 10.1 Å². The van der Waals surface area contributed by atoms with Gasteiger partial charge < -0.3 is 15.0 Å². The number of benzene rings is 2. The molecule has 0 aliphatic heterocycles. The Morgan fingerprint density at radius 3 is 2.57 bits per heavy atom. The van der Waals surface area contributed by atoms with Gasteiger partial charge in [0, 0.05) is 21.6 Å². The zero-order chi connectivity index (χ0) is 16.4. The van der Waals surface area contributed by atoms with Crippen molar-refractivity contribution in [2.24, 2.45) is 0 Å². The van der Waals surface area contributed by atoms with Gasteiger partial charge in [0.2, 0.25) is 0 Å². The van der Waals surface area contributed by atoms with Crippen LogP contribution in [0.4, 0.5) is 14.5 Å². The van der Waals surface area contributed by atoms with Crippen molar-refractivity contribution in [2.75, 3.05) is 5.32 Å². The lowest BCUT2D eigenvalue weighted by atomic mass is 10.2. The first kappa shape index (κ1) is 15.3. The van der Waals surface area contributed by atoms with Gasteiger partial charge in [0.1, 0.15) is 11.4 Å². The number of ether oxygens (including phenoxy) is 1. The first-order valence-electron chi connectivity index (χ1n) is 6.66. The van der Waals surface area contributed by atoms with E-state index in [1.54, 1.807) is 24.3 Å². The van der Waals surface area contributed by atoms with Gasteiger partial charge in [-0.25, -0.2) is 0 Å². The fourth-order valence-electron chi connectivity index (χ4n) is 2.14. The summed E-state index contributed by atoms with van der Waals surface area (Å²) in [4.78, 5) is 15.2. The maximum atomic E-state index is 12.2. The fourth-order valence-corrected chi connectivity index (χ4v) is 2.32. The number of anilines is 1. The third-order valence-corrected chi connectivity index (χ3v) is 3.40. The quantitative estimate of drug-likeness (QED) is 0.727. The van der Waals surface area contributed by atoms with E-state index < -0.39 is 6.61 Å². The Bertz CT molecular complexity index is 847. The van der Waals surface area contributed by atoms with E-state index in [2.05, 4.69) is 15.0 Å². The van der Waals surface area contributed by atoms with Crippen LogP contribution >= 0.6 is 11.6 Å². The topological polar surface area (TPSA) is 54.1 Å². The predicted octanol–water partition coefficient (Wildman–Crippen LogP) is 4.68. The number of hydrogen-bond donors (Lipinski definition) is 2. The number of aromatic nitrogens is 1. The minimum absolute atomic E-state index is 0.0262. The Kier molecular flexibility index (Phi) is 4.16. The summed E-state index contributed by atoms with van der Waals surface area (Å²) in [5.74, 6) is -0.321. The number of alkyl halides is 2. The van der Waals surface area contributed by atoms with E-state index in [1.807, 2.05) is 0 Å². The highest BCUT2D eigenvalue weighted by Gasteiger charge is 2.10. The van der Waals surface area contributed by atoms with Crippen LogP contribution in [-0.4, -0.2) is 17.5 Å². The molecular formula is C16H11ClF2N2O2. The van der Waals surface area contributed by atoms with Crippen LogP contribution in [0.25, 0.3) is 10.9 Å². The molecule has 0 saturated heterocycles. The molecule has 2 aromatic carbocycles. The van der Waals surface area contributed by atoms with Crippen molar-refractivity contribution in [3.63, 3.8) is 0 Å². The summed E-state index contributed by atoms with van der Waals surface area (Å²) in [5, 5.41) is 4.07. The maximum Gasteiger partial charge on any atom is 0.387 e. The van der Waals surface area contributed by atoms with Gasteiger partial charge in [0.15, 0.2) is 0 Å². The molecular weight excluding hydrogens is 326 g/mol. The Balaban J connectivity index is 1.74. The third-order valence-electron chi connectivity index (χ3n) is 3.16. The van der Waals surface area contributed by atoms with E-state index in [-0.39, 0.29) is 11.7 Å². The van der Waals surface area contributed by atoms with E-state index in [1.165, 1.54) is 24.3 Å². The van der Waals surface area contributed by atoms with Gasteiger partial charge in [0.05, 0.1) is 0 Å². The van der Waals surface area contributed by atoms with E-state index >= 15 is 0 Å². The highest BCUT2D eigenvalue weighted by Crippen LogP contribution is 2.22. The largest absolute Gasteiger partial charge is 0.435 e. The summed E-state index contributed by atoms with van der Waals surface area (Å²) < 4.78 is 28.4. The molecule has 0 saturated carbocycles. The van der Waals surface area contributed by atoms with Crippen molar-refractivity contribution in [3.8, 4) is 5.75 Å². The number of hydrogen-bond acceptors (Lipinski definition) is 2. The molecule has 1 amide bonds. The van der Waals surface area contributed by atoms with Crippen LogP contribution in [-0.2, 0) is 0 Å². The summed E-state index contributed by atoms with van der Waals surface area (Å²) in [6.45, 7) is -2.88. The molecule has 7 heteroatoms. The number of halogens is 3. The monoisotopic (exact) mass is 336 g/mol. The van der Waals surface area contributed by atoms with Gasteiger partial charge in [-0.1, -0.05) is 11.6 Å². The second-order valence-corrected chi connectivity index (χ2v) is 5.21. The molecule has 0 aliphatic carbocycles. The Hall–Kier alpha value is -2.60. The fraction of sp³-hybridized carbons (Fsp3) is 0.0625. The van der Waals surface area contributed by atoms with Gasteiger partial charge in [-0.15, -0.1) is 0 Å². The lowest BCUT2D eigenvalue weighted by molar-refractivity contribution is -0.0498. The number of carbonyl (C=O) groups is 1. The smallest absolute Gasteiger partial charge is 0.387 e. The van der Waals surface area contributed by atoms with Crippen LogP contribution in [0.5, 0.6) is 5.75 Å². The molecule has 1 heterocycles. The molecule has 0 atom stereocenters. The molecule has 0 aliphatic rings. The Morgan fingerprint density at radius 2 is 1.87 bits per heavy atom. The molecule has 0 radical (unpaired) electrons. The second kappa shape index (κ2) is 6.26. The van der Waals surface area contributed by atoms with Crippen LogP contribution in [0.2, 0.25) is 5.02 Å². The molecule has 23 heavy (non-hydrogen) atoms. The van der Waals surface area contributed by atoms with Crippen molar-refractivity contribution in [1.29, 1.82) is 0 Å². The highest BCUT2D eigenvalue weighted by atomic mass is 35.5. The molecule has 0 bridgehead atoms. The van der Waals surface area contributed by atoms with Crippen molar-refractivity contribution in [2.45, 2.75) is 6.61 Å². The van der Waals surface area contributed by atoms with Crippen LogP contribution in [0.1, 0.15) is 10.5 Å². The number of carbonyl (C=O) groups excluding carboxylic acids is 1. The number of fused-ring (bicyclic) bond motifs is 1. The van der Waals surface area contributed by atoms with Crippen LogP contribution in [0.3, 0.4) is 0 Å². The molecule has 118 valence electrons. The molecule has 0 spiro atoms. The summed E-state index contributed by atoms with van der Waals surface area (Å²) in [5.41, 5.74) is 1.63. The highest BCUT2D eigenvalue weighted by molar-refractivity contribution is 6.31. The van der Waals surface area contributed by atoms with Crippen molar-refractivity contribution >= 4 is 34.1 Å². The number of nitrogens with one attached hydrogen (secondary N) is 2. The second-order valence-electron chi connectivity index (χ2n) is 4.77. The summed E-state index contributed by atoms with van der Waals surface area (Å²) >= 11 is 5.91. The lowest BCUT2D eigenvalue weighted by Gasteiger charge is -2.06. The van der Waals surface area contributed by atoms with Gasteiger partial charge >= 0.3 is 6.61 Å². The Morgan fingerprint density at radius 1 is 1.13 bits per heavy atom. The maximum absolute atomic E-state index is 12.2. The summed E-state index contributed by atoms with van der Waals surface area (Å²) in [7, 11) is 0. The standard InChI is InChI=1S/C16H11ClF2N2O2/c17-10-1-6-13-9(7-10)8-14(21-13)15(22)20-11-2-4-12(5-3-11)23-16(18)19/h1-8,16,21H,(H,20,22). The van der Waals surface area contributed by atoms with Gasteiger partial charge in [-0.05, 0) is 48.5 Å². The third kappa shape index (κ3) is 3.60. The minimum atomic E-state index is -2.88. The first-order valence-corrected chi connectivity index (χ1v) is 7.03. The summed E-state index contributed by atoms with van der Waals surface area (Å²) in [6, 6.07) is 12.6. The van der Waals surface area contributed by atoms with E-state index in [4.69, 9.17) is 11.6 Å². The first-order chi connectivity index (χ1) is 11.0. The van der Waals surface area contributed by atoms with E-state index in [9.17, 15) is 13.6 Å². The van der Waals surface area contributed by atoms with E-state index in [0.29, 0.717) is 16.4 Å². The average molecular weight is 337 g/mol.